The first-order valence-electron chi connectivity index (χ1n) is 11.4. The van der Waals surface area contributed by atoms with Gasteiger partial charge in [-0.25, -0.2) is 9.78 Å². The zero-order valence-electron chi connectivity index (χ0n) is 19.8. The lowest BCUT2D eigenvalue weighted by Gasteiger charge is -2.24. The van der Waals surface area contributed by atoms with Crippen LogP contribution in [0.25, 0.3) is 11.1 Å². The third kappa shape index (κ3) is 4.09. The second-order valence-corrected chi connectivity index (χ2v) is 8.69. The molecule has 0 saturated carbocycles. The Bertz CT molecular complexity index is 1510. The van der Waals surface area contributed by atoms with Crippen molar-refractivity contribution in [2.24, 2.45) is 0 Å². The van der Waals surface area contributed by atoms with E-state index in [0.717, 1.165) is 27.2 Å². The molecule has 0 radical (unpaired) electrons. The predicted molar refractivity (Wildman–Crippen MR) is 139 cm³/mol. The van der Waals surface area contributed by atoms with Crippen LogP contribution in [-0.2, 0) is 0 Å². The van der Waals surface area contributed by atoms with Crippen molar-refractivity contribution < 1.29 is 19.9 Å². The fraction of sp³-hybridized carbons (Fsp3) is 0.107. The van der Waals surface area contributed by atoms with E-state index in [1.165, 1.54) is 23.3 Å². The van der Waals surface area contributed by atoms with Gasteiger partial charge in [0.05, 0.1) is 11.1 Å². The van der Waals surface area contributed by atoms with Gasteiger partial charge in [-0.2, -0.15) is 0 Å². The number of aryl methyl sites for hydroxylation is 2. The first kappa shape index (κ1) is 22.9. The van der Waals surface area contributed by atoms with Crippen molar-refractivity contribution in [1.82, 2.24) is 4.98 Å². The Balaban J connectivity index is 1.73. The zero-order chi connectivity index (χ0) is 25.4. The minimum atomic E-state index is -1.07. The highest BCUT2D eigenvalue weighted by Crippen LogP contribution is 2.40. The molecule has 3 N–H and O–H groups in total. The third-order valence-electron chi connectivity index (χ3n) is 6.07. The van der Waals surface area contributed by atoms with Gasteiger partial charge in [0.1, 0.15) is 12.2 Å². The van der Waals surface area contributed by atoms with Crippen LogP contribution in [0.2, 0.25) is 0 Å². The highest BCUT2D eigenvalue weighted by molar-refractivity contribution is 6.08. The van der Waals surface area contributed by atoms with E-state index >= 15 is 0 Å². The van der Waals surface area contributed by atoms with Crippen molar-refractivity contribution in [3.8, 4) is 16.9 Å². The molecule has 0 atom stereocenters. The molecule has 1 aromatic heterocycles. The van der Waals surface area contributed by atoms with Gasteiger partial charge in [0.2, 0.25) is 11.5 Å². The molecule has 0 spiro atoms. The molecule has 3 aromatic carbocycles. The van der Waals surface area contributed by atoms with Crippen molar-refractivity contribution in [1.29, 1.82) is 0 Å². The number of aromatic carboxylic acids is 1. The Morgan fingerprint density at radius 3 is 2.50 bits per heavy atom. The average Bonchev–Trinajstić information content (AvgIpc) is 3.29. The molecule has 8 heteroatoms. The van der Waals surface area contributed by atoms with Gasteiger partial charge in [-0.3, -0.25) is 0 Å². The normalized spacial score (nSPS) is 13.6. The number of para-hydroxylation sites is 1. The van der Waals surface area contributed by atoms with E-state index in [2.05, 4.69) is 10.3 Å². The molecule has 0 unspecified atom stereocenters. The number of carboxylic acid groups (broad SMARTS) is 1. The number of hydrogen-bond acceptors (Lipinski definition) is 6. The highest BCUT2D eigenvalue weighted by Gasteiger charge is 2.31. The fourth-order valence-electron chi connectivity index (χ4n) is 4.49. The largest absolute Gasteiger partial charge is 0.595 e. The molecule has 1 aliphatic rings. The van der Waals surface area contributed by atoms with Crippen LogP contribution in [0, 0.1) is 19.1 Å². The number of benzene rings is 3. The number of hydrazine groups is 1. The lowest BCUT2D eigenvalue weighted by molar-refractivity contribution is -0.461. The minimum Gasteiger partial charge on any atom is -0.595 e. The molecule has 1 aliphatic heterocycles. The Kier molecular flexibility index (Phi) is 5.77. The number of anilines is 3. The summed E-state index contributed by atoms with van der Waals surface area (Å²) in [6, 6.07) is 21.1. The molecule has 0 fully saturated rings. The topological polar surface area (TPSA) is 112 Å². The molecule has 0 aliphatic carbocycles. The molecule has 36 heavy (non-hydrogen) atoms. The number of fused-ring (bicyclic) bond motifs is 1. The SMILES string of the molecule is Cc1cc(C)cc(N(c2nccc(-c3cccc(C(=O)O)c3)c2O)/[N+]([O-])=C2\CNc3ccccc32)c1. The Morgan fingerprint density at radius 2 is 1.75 bits per heavy atom. The van der Waals surface area contributed by atoms with E-state index in [-0.39, 0.29) is 17.1 Å². The lowest BCUT2D eigenvalue weighted by atomic mass is 10.0. The van der Waals surface area contributed by atoms with Gasteiger partial charge in [-0.1, -0.05) is 40.2 Å². The number of nitrogens with zero attached hydrogens (tertiary/aromatic N) is 3. The van der Waals surface area contributed by atoms with E-state index in [1.807, 2.05) is 56.3 Å². The molecule has 2 heterocycles. The Labute approximate surface area is 208 Å². The van der Waals surface area contributed by atoms with Crippen LogP contribution in [0.5, 0.6) is 5.75 Å². The van der Waals surface area contributed by atoms with Crippen molar-refractivity contribution in [2.75, 3.05) is 16.9 Å². The summed E-state index contributed by atoms with van der Waals surface area (Å²) in [7, 11) is 0. The van der Waals surface area contributed by atoms with Gasteiger partial charge in [-0.15, -0.1) is 0 Å². The van der Waals surface area contributed by atoms with Gasteiger partial charge in [-0.05, 0) is 73.0 Å². The Morgan fingerprint density at radius 1 is 1.00 bits per heavy atom. The molecule has 4 aromatic rings. The first-order chi connectivity index (χ1) is 17.3. The van der Waals surface area contributed by atoms with Crippen molar-refractivity contribution in [3.63, 3.8) is 0 Å². The number of carboxylic acids is 1. The second-order valence-electron chi connectivity index (χ2n) is 8.69. The summed E-state index contributed by atoms with van der Waals surface area (Å²) in [6.07, 6.45) is 1.49. The molecular formula is C28H24N4O4. The second kappa shape index (κ2) is 9.07. The van der Waals surface area contributed by atoms with E-state index < -0.39 is 5.97 Å². The average molecular weight is 481 g/mol. The lowest BCUT2D eigenvalue weighted by Crippen LogP contribution is -2.34. The first-order valence-corrected chi connectivity index (χ1v) is 11.4. The molecule has 0 amide bonds. The van der Waals surface area contributed by atoms with Crippen LogP contribution in [0.4, 0.5) is 17.2 Å². The molecular weight excluding hydrogens is 456 g/mol. The molecule has 180 valence electrons. The number of carbonyl (C=O) groups is 1. The van der Waals surface area contributed by atoms with Crippen LogP contribution >= 0.6 is 0 Å². The van der Waals surface area contributed by atoms with E-state index in [1.54, 1.807) is 18.2 Å². The quantitative estimate of drug-likeness (QED) is 0.203. The van der Waals surface area contributed by atoms with Gasteiger partial charge in [0, 0.05) is 17.4 Å². The number of aromatic nitrogens is 1. The smallest absolute Gasteiger partial charge is 0.335 e. The number of nitrogens with one attached hydrogen (secondary N) is 1. The van der Waals surface area contributed by atoms with E-state index in [9.17, 15) is 20.2 Å². The predicted octanol–water partition coefficient (Wildman–Crippen LogP) is 5.25. The zero-order valence-corrected chi connectivity index (χ0v) is 19.8. The third-order valence-corrected chi connectivity index (χ3v) is 6.07. The number of hydrazone groups is 1. The molecule has 0 bridgehead atoms. The monoisotopic (exact) mass is 480 g/mol. The summed E-state index contributed by atoms with van der Waals surface area (Å²) in [4.78, 5) is 16.6. The van der Waals surface area contributed by atoms with Crippen molar-refractivity contribution >= 4 is 28.9 Å². The number of rotatable bonds is 5. The van der Waals surface area contributed by atoms with Crippen molar-refractivity contribution in [2.45, 2.75) is 13.8 Å². The summed E-state index contributed by atoms with van der Waals surface area (Å²) in [5.41, 5.74) is 5.48. The van der Waals surface area contributed by atoms with Crippen LogP contribution in [0.1, 0.15) is 27.0 Å². The van der Waals surface area contributed by atoms with Crippen LogP contribution < -0.4 is 10.3 Å². The summed E-state index contributed by atoms with van der Waals surface area (Å²) < 4.78 is 0. The maximum absolute atomic E-state index is 14.0. The summed E-state index contributed by atoms with van der Waals surface area (Å²) in [5.74, 6) is -1.28. The number of hydrogen-bond donors (Lipinski definition) is 3. The minimum absolute atomic E-state index is 0.0325. The molecule has 5 rings (SSSR count). The van der Waals surface area contributed by atoms with Crippen LogP contribution in [0.3, 0.4) is 0 Å². The number of aromatic hydroxyl groups is 1. The van der Waals surface area contributed by atoms with Crippen molar-refractivity contribution in [3.05, 3.63) is 106 Å². The van der Waals surface area contributed by atoms with Crippen LogP contribution in [-0.4, -0.2) is 38.3 Å². The van der Waals surface area contributed by atoms with Gasteiger partial charge < -0.3 is 20.7 Å². The molecule has 8 nitrogen and oxygen atoms in total. The van der Waals surface area contributed by atoms with E-state index in [0.29, 0.717) is 29.1 Å². The van der Waals surface area contributed by atoms with E-state index in [4.69, 9.17) is 0 Å². The maximum atomic E-state index is 14.0. The van der Waals surface area contributed by atoms with Gasteiger partial charge in [0.25, 0.3) is 0 Å². The Hall–Kier alpha value is -4.85. The highest BCUT2D eigenvalue weighted by atomic mass is 16.5. The maximum Gasteiger partial charge on any atom is 0.335 e. The standard InChI is InChI=1S/C28H24N4O4/c1-17-12-18(2)14-21(13-17)31(32(36)25-16-30-24-9-4-3-8-23(24)25)27-26(33)22(10-11-29-27)19-6-5-7-20(15-19)28(34)35/h3-15,30,33H,16H2,1-2H3,(H,34,35)/b32-25-. The summed E-state index contributed by atoms with van der Waals surface area (Å²) >= 11 is 0. The molecule has 0 saturated heterocycles. The van der Waals surface area contributed by atoms with Gasteiger partial charge in [0.15, 0.2) is 5.75 Å². The summed E-state index contributed by atoms with van der Waals surface area (Å²) in [5, 5.41) is 39.4. The van der Waals surface area contributed by atoms with Gasteiger partial charge >= 0.3 is 5.97 Å². The summed E-state index contributed by atoms with van der Waals surface area (Å²) in [6.45, 7) is 4.18. The number of pyridine rings is 1. The van der Waals surface area contributed by atoms with Crippen LogP contribution in [0.15, 0.2) is 79.0 Å². The fourth-order valence-corrected chi connectivity index (χ4v) is 4.49.